The van der Waals surface area contributed by atoms with E-state index in [9.17, 15) is 5.11 Å². The maximum atomic E-state index is 9.47. The molecule has 0 radical (unpaired) electrons. The molecule has 0 fully saturated rings. The van der Waals surface area contributed by atoms with E-state index in [0.29, 0.717) is 22.7 Å². The number of hydrogen-bond donors (Lipinski definition) is 2. The summed E-state index contributed by atoms with van der Waals surface area (Å²) in [5.74, 6) is 0.888. The molecule has 1 heterocycles. The number of methoxy groups -OCH3 is 1. The summed E-state index contributed by atoms with van der Waals surface area (Å²) < 4.78 is 5.81. The zero-order valence-corrected chi connectivity index (χ0v) is 12.7. The van der Waals surface area contributed by atoms with Crippen molar-refractivity contribution in [3.63, 3.8) is 0 Å². The van der Waals surface area contributed by atoms with Gasteiger partial charge >= 0.3 is 0 Å². The van der Waals surface area contributed by atoms with Crippen molar-refractivity contribution in [3.8, 4) is 5.88 Å². The maximum Gasteiger partial charge on any atom is 0.232 e. The fourth-order valence-corrected chi connectivity index (χ4v) is 2.16. The van der Waals surface area contributed by atoms with Gasteiger partial charge in [0.1, 0.15) is 0 Å². The highest BCUT2D eigenvalue weighted by atomic mass is 79.9. The molecule has 2 aromatic rings. The molecule has 2 N–H and O–H groups in total. The molecule has 106 valence electrons. The van der Waals surface area contributed by atoms with E-state index in [1.807, 2.05) is 30.3 Å². The molecule has 6 heteroatoms. The molecule has 0 aliphatic carbocycles. The summed E-state index contributed by atoms with van der Waals surface area (Å²) in [6.45, 7) is -0.00334. The Kier molecular flexibility index (Phi) is 5.31. The molecule has 0 spiro atoms. The van der Waals surface area contributed by atoms with Crippen LogP contribution in [0.25, 0.3) is 0 Å². The Balaban J connectivity index is 2.06. The topological polar surface area (TPSA) is 67.3 Å². The fourth-order valence-electron chi connectivity index (χ4n) is 1.81. The van der Waals surface area contributed by atoms with Gasteiger partial charge in [0.05, 0.1) is 30.4 Å². The van der Waals surface area contributed by atoms with Crippen LogP contribution in [0.5, 0.6) is 5.88 Å². The van der Waals surface area contributed by atoms with Gasteiger partial charge in [0.15, 0.2) is 0 Å². The summed E-state index contributed by atoms with van der Waals surface area (Å²) in [5, 5.41) is 12.6. The van der Waals surface area contributed by atoms with Crippen molar-refractivity contribution in [3.05, 3.63) is 46.6 Å². The zero-order chi connectivity index (χ0) is 14.4. The molecule has 1 atom stereocenters. The van der Waals surface area contributed by atoms with E-state index in [1.54, 1.807) is 13.3 Å². The number of anilines is 1. The van der Waals surface area contributed by atoms with Crippen molar-refractivity contribution in [1.82, 2.24) is 9.97 Å². The first-order valence-corrected chi connectivity index (χ1v) is 7.00. The lowest BCUT2D eigenvalue weighted by Gasteiger charge is -2.16. The van der Waals surface area contributed by atoms with Crippen LogP contribution in [0, 0.1) is 0 Å². The van der Waals surface area contributed by atoms with Crippen molar-refractivity contribution in [2.45, 2.75) is 12.5 Å². The van der Waals surface area contributed by atoms with Gasteiger partial charge in [-0.3, -0.25) is 0 Å². The summed E-state index contributed by atoms with van der Waals surface area (Å²) in [6, 6.07) is 9.81. The first-order chi connectivity index (χ1) is 9.72. The van der Waals surface area contributed by atoms with Gasteiger partial charge in [-0.1, -0.05) is 30.3 Å². The summed E-state index contributed by atoms with van der Waals surface area (Å²) >= 11 is 3.30. The van der Waals surface area contributed by atoms with Crippen LogP contribution in [0.1, 0.15) is 5.56 Å². The lowest BCUT2D eigenvalue weighted by atomic mass is 10.1. The number of benzene rings is 1. The first kappa shape index (κ1) is 14.7. The van der Waals surface area contributed by atoms with Crippen molar-refractivity contribution in [2.75, 3.05) is 19.0 Å². The number of nitrogens with one attached hydrogen (secondary N) is 1. The molecule has 1 unspecified atom stereocenters. The predicted octanol–water partition coefficient (Wildman–Crippen LogP) is 2.26. The molecule has 0 saturated heterocycles. The summed E-state index contributed by atoms with van der Waals surface area (Å²) in [4.78, 5) is 8.37. The highest BCUT2D eigenvalue weighted by molar-refractivity contribution is 9.10. The van der Waals surface area contributed by atoms with Crippen LogP contribution in [0.4, 0.5) is 5.95 Å². The Morgan fingerprint density at radius 2 is 2.10 bits per heavy atom. The predicted molar refractivity (Wildman–Crippen MR) is 80.9 cm³/mol. The standard InChI is InChI=1S/C14H16BrN3O2/c1-20-13-12(15)8-16-14(18-13)17-11(9-19)7-10-5-3-2-4-6-10/h2-6,8,11,19H,7,9H2,1H3,(H,16,17,18). The van der Waals surface area contributed by atoms with Gasteiger partial charge in [0.2, 0.25) is 11.8 Å². The van der Waals surface area contributed by atoms with Crippen LogP contribution in [-0.2, 0) is 6.42 Å². The van der Waals surface area contributed by atoms with Gasteiger partial charge in [-0.2, -0.15) is 4.98 Å². The van der Waals surface area contributed by atoms with E-state index >= 15 is 0 Å². The Morgan fingerprint density at radius 3 is 2.75 bits per heavy atom. The second-order valence-electron chi connectivity index (χ2n) is 4.26. The second-order valence-corrected chi connectivity index (χ2v) is 5.12. The van der Waals surface area contributed by atoms with Gasteiger partial charge in [-0.25, -0.2) is 4.98 Å². The second kappa shape index (κ2) is 7.21. The smallest absolute Gasteiger partial charge is 0.232 e. The largest absolute Gasteiger partial charge is 0.480 e. The molecule has 20 heavy (non-hydrogen) atoms. The third-order valence-electron chi connectivity index (χ3n) is 2.78. The number of hydrogen-bond acceptors (Lipinski definition) is 5. The first-order valence-electron chi connectivity index (χ1n) is 6.20. The highest BCUT2D eigenvalue weighted by Gasteiger charge is 2.11. The Labute approximate surface area is 126 Å². The molecule has 0 aliphatic heterocycles. The Hall–Kier alpha value is -1.66. The van der Waals surface area contributed by atoms with Gasteiger partial charge in [-0.15, -0.1) is 0 Å². The minimum atomic E-state index is -0.150. The van der Waals surface area contributed by atoms with Crippen LogP contribution in [0.3, 0.4) is 0 Å². The summed E-state index contributed by atoms with van der Waals surface area (Å²) in [6.07, 6.45) is 2.31. The van der Waals surface area contributed by atoms with Gasteiger partial charge in [-0.05, 0) is 27.9 Å². The van der Waals surface area contributed by atoms with Crippen molar-refractivity contribution in [2.24, 2.45) is 0 Å². The third kappa shape index (κ3) is 3.91. The summed E-state index contributed by atoms with van der Waals surface area (Å²) in [5.41, 5.74) is 1.14. The number of ether oxygens (including phenoxy) is 1. The SMILES string of the molecule is COc1nc(NC(CO)Cc2ccccc2)ncc1Br. The zero-order valence-electron chi connectivity index (χ0n) is 11.1. The quantitative estimate of drug-likeness (QED) is 0.846. The Bertz CT molecular complexity index is 551. The molecule has 1 aromatic carbocycles. The molecule has 5 nitrogen and oxygen atoms in total. The molecule has 1 aromatic heterocycles. The third-order valence-corrected chi connectivity index (χ3v) is 3.33. The van der Waals surface area contributed by atoms with Crippen molar-refractivity contribution >= 4 is 21.9 Å². The van der Waals surface area contributed by atoms with Crippen LogP contribution >= 0.6 is 15.9 Å². The molecule has 0 bridgehead atoms. The number of nitrogens with zero attached hydrogens (tertiary/aromatic N) is 2. The lowest BCUT2D eigenvalue weighted by Crippen LogP contribution is -2.27. The van der Waals surface area contributed by atoms with Crippen molar-refractivity contribution < 1.29 is 9.84 Å². The molecule has 0 saturated carbocycles. The fraction of sp³-hybridized carbons (Fsp3) is 0.286. The van der Waals surface area contributed by atoms with Crippen LogP contribution in [0.2, 0.25) is 0 Å². The summed E-state index contributed by atoms with van der Waals surface area (Å²) in [7, 11) is 1.55. The van der Waals surface area contributed by atoms with E-state index in [1.165, 1.54) is 0 Å². The van der Waals surface area contributed by atoms with Gasteiger partial charge < -0.3 is 15.2 Å². The highest BCUT2D eigenvalue weighted by Crippen LogP contribution is 2.22. The molecule has 0 aliphatic rings. The molecular weight excluding hydrogens is 322 g/mol. The van der Waals surface area contributed by atoms with Gasteiger partial charge in [0.25, 0.3) is 0 Å². The molecular formula is C14H16BrN3O2. The van der Waals surface area contributed by atoms with Crippen LogP contribution in [0.15, 0.2) is 41.0 Å². The minimum absolute atomic E-state index is 0.00334. The van der Waals surface area contributed by atoms with E-state index in [2.05, 4.69) is 31.2 Å². The Morgan fingerprint density at radius 1 is 1.35 bits per heavy atom. The average molecular weight is 338 g/mol. The van der Waals surface area contributed by atoms with Gasteiger partial charge in [0, 0.05) is 0 Å². The average Bonchev–Trinajstić information content (AvgIpc) is 2.49. The van der Waals surface area contributed by atoms with E-state index in [4.69, 9.17) is 4.74 Å². The number of aliphatic hydroxyl groups is 1. The number of rotatable bonds is 6. The van der Waals surface area contributed by atoms with E-state index in [0.717, 1.165) is 5.56 Å². The minimum Gasteiger partial charge on any atom is -0.480 e. The maximum absolute atomic E-state index is 9.47. The van der Waals surface area contributed by atoms with E-state index in [-0.39, 0.29) is 12.6 Å². The number of aliphatic hydroxyl groups excluding tert-OH is 1. The van der Waals surface area contributed by atoms with Crippen LogP contribution < -0.4 is 10.1 Å². The van der Waals surface area contributed by atoms with Crippen LogP contribution in [-0.4, -0.2) is 34.8 Å². The number of halogens is 1. The molecule has 0 amide bonds. The van der Waals surface area contributed by atoms with E-state index < -0.39 is 0 Å². The molecule has 2 rings (SSSR count). The van der Waals surface area contributed by atoms with Crippen molar-refractivity contribution in [1.29, 1.82) is 0 Å². The lowest BCUT2D eigenvalue weighted by molar-refractivity contribution is 0.273. The number of aromatic nitrogens is 2. The normalized spacial score (nSPS) is 11.9. The monoisotopic (exact) mass is 337 g/mol.